The Bertz CT molecular complexity index is 253. The molecule has 13 heavy (non-hydrogen) atoms. The summed E-state index contributed by atoms with van der Waals surface area (Å²) in [5.41, 5.74) is 2.25. The average molecular weight is 180 g/mol. The first-order valence-electron chi connectivity index (χ1n) is 4.46. The second kappa shape index (κ2) is 3.77. The highest BCUT2D eigenvalue weighted by atomic mass is 16.5. The number of allylic oxidation sites excluding steroid dienone is 2. The molecule has 2 nitrogen and oxygen atoms in total. The first-order chi connectivity index (χ1) is 6.06. The molecule has 0 saturated heterocycles. The third-order valence-corrected chi connectivity index (χ3v) is 2.56. The summed E-state index contributed by atoms with van der Waals surface area (Å²) in [4.78, 5) is 11.2. The SMILES string of the molecule is C=C(C)C[C@H]1C(=C)C[C@@H]1C(=O)OC. The summed E-state index contributed by atoms with van der Waals surface area (Å²) in [5.74, 6) is 0.179. The molecule has 0 aliphatic heterocycles. The fourth-order valence-electron chi connectivity index (χ4n) is 1.76. The van der Waals surface area contributed by atoms with E-state index in [-0.39, 0.29) is 17.8 Å². The van der Waals surface area contributed by atoms with E-state index in [1.54, 1.807) is 0 Å². The average Bonchev–Trinajstić information content (AvgIpc) is 2.09. The van der Waals surface area contributed by atoms with Gasteiger partial charge >= 0.3 is 5.97 Å². The van der Waals surface area contributed by atoms with Gasteiger partial charge in [0.1, 0.15) is 0 Å². The largest absolute Gasteiger partial charge is 0.469 e. The lowest BCUT2D eigenvalue weighted by atomic mass is 9.67. The maximum atomic E-state index is 11.2. The number of carbonyl (C=O) groups excluding carboxylic acids is 1. The Kier molecular flexibility index (Phi) is 2.91. The molecule has 72 valence electrons. The molecule has 0 bridgehead atoms. The lowest BCUT2D eigenvalue weighted by Gasteiger charge is -2.37. The van der Waals surface area contributed by atoms with Gasteiger partial charge in [-0.1, -0.05) is 17.7 Å². The van der Waals surface area contributed by atoms with Crippen molar-refractivity contribution in [1.82, 2.24) is 0 Å². The zero-order valence-electron chi connectivity index (χ0n) is 8.30. The minimum absolute atomic E-state index is 0.0224. The van der Waals surface area contributed by atoms with E-state index < -0.39 is 0 Å². The highest BCUT2D eigenvalue weighted by Crippen LogP contribution is 2.42. The Morgan fingerprint density at radius 1 is 1.69 bits per heavy atom. The standard InChI is InChI=1S/C11H16O2/c1-7(2)5-9-8(3)6-10(9)11(12)13-4/h9-10H,1,3,5-6H2,2,4H3/t9-,10-/m0/s1. The maximum absolute atomic E-state index is 11.2. The number of methoxy groups -OCH3 is 1. The third kappa shape index (κ3) is 2.00. The first kappa shape index (κ1) is 10.0. The molecule has 0 spiro atoms. The van der Waals surface area contributed by atoms with E-state index >= 15 is 0 Å². The van der Waals surface area contributed by atoms with Crippen molar-refractivity contribution in [3.05, 3.63) is 24.3 Å². The molecule has 1 aliphatic rings. The summed E-state index contributed by atoms with van der Waals surface area (Å²) in [5, 5.41) is 0. The summed E-state index contributed by atoms with van der Waals surface area (Å²) < 4.78 is 4.70. The Morgan fingerprint density at radius 3 is 2.69 bits per heavy atom. The number of hydrogen-bond acceptors (Lipinski definition) is 2. The van der Waals surface area contributed by atoms with Crippen molar-refractivity contribution in [1.29, 1.82) is 0 Å². The summed E-state index contributed by atoms with van der Waals surface area (Å²) in [6.45, 7) is 9.72. The second-order valence-electron chi connectivity index (χ2n) is 3.76. The first-order valence-corrected chi connectivity index (χ1v) is 4.46. The summed E-state index contributed by atoms with van der Waals surface area (Å²) >= 11 is 0. The molecule has 1 saturated carbocycles. The van der Waals surface area contributed by atoms with Gasteiger partial charge < -0.3 is 4.74 Å². The zero-order chi connectivity index (χ0) is 10.0. The Morgan fingerprint density at radius 2 is 2.31 bits per heavy atom. The highest BCUT2D eigenvalue weighted by Gasteiger charge is 2.40. The molecule has 0 aromatic carbocycles. The van der Waals surface area contributed by atoms with Crippen LogP contribution < -0.4 is 0 Å². The van der Waals surface area contributed by atoms with Crippen molar-refractivity contribution < 1.29 is 9.53 Å². The lowest BCUT2D eigenvalue weighted by molar-refractivity contribution is -0.149. The zero-order valence-corrected chi connectivity index (χ0v) is 8.30. The van der Waals surface area contributed by atoms with Crippen LogP contribution in [-0.2, 0) is 9.53 Å². The summed E-state index contributed by atoms with van der Waals surface area (Å²) in [7, 11) is 1.43. The van der Waals surface area contributed by atoms with Crippen LogP contribution in [0, 0.1) is 11.8 Å². The van der Waals surface area contributed by atoms with E-state index in [0.29, 0.717) is 0 Å². The molecule has 2 atom stereocenters. The van der Waals surface area contributed by atoms with Crippen LogP contribution in [-0.4, -0.2) is 13.1 Å². The Hall–Kier alpha value is -1.05. The van der Waals surface area contributed by atoms with Crippen LogP contribution in [0.4, 0.5) is 0 Å². The van der Waals surface area contributed by atoms with Crippen molar-refractivity contribution in [3.63, 3.8) is 0 Å². The molecule has 0 amide bonds. The van der Waals surface area contributed by atoms with Gasteiger partial charge in [-0.3, -0.25) is 4.79 Å². The van der Waals surface area contributed by atoms with Crippen LogP contribution in [0.15, 0.2) is 24.3 Å². The normalized spacial score (nSPS) is 26.5. The van der Waals surface area contributed by atoms with Crippen molar-refractivity contribution in [2.24, 2.45) is 11.8 Å². The van der Waals surface area contributed by atoms with Crippen LogP contribution in [0.1, 0.15) is 19.8 Å². The van der Waals surface area contributed by atoms with Gasteiger partial charge in [0, 0.05) is 0 Å². The number of carbonyl (C=O) groups is 1. The van der Waals surface area contributed by atoms with E-state index in [2.05, 4.69) is 13.2 Å². The van der Waals surface area contributed by atoms with Crippen LogP contribution in [0.5, 0.6) is 0 Å². The van der Waals surface area contributed by atoms with Gasteiger partial charge in [-0.15, -0.1) is 6.58 Å². The number of ether oxygens (including phenoxy) is 1. The number of rotatable bonds is 3. The smallest absolute Gasteiger partial charge is 0.309 e. The van der Waals surface area contributed by atoms with E-state index in [0.717, 1.165) is 24.0 Å². The number of hydrogen-bond donors (Lipinski definition) is 0. The predicted octanol–water partition coefficient (Wildman–Crippen LogP) is 2.32. The van der Waals surface area contributed by atoms with E-state index in [1.807, 2.05) is 6.92 Å². The Balaban J connectivity index is 2.56. The van der Waals surface area contributed by atoms with E-state index in [1.165, 1.54) is 7.11 Å². The molecule has 0 heterocycles. The van der Waals surface area contributed by atoms with Crippen LogP contribution in [0.2, 0.25) is 0 Å². The van der Waals surface area contributed by atoms with Crippen LogP contribution >= 0.6 is 0 Å². The molecule has 0 N–H and O–H groups in total. The Labute approximate surface area is 79.3 Å². The van der Waals surface area contributed by atoms with Crippen molar-refractivity contribution >= 4 is 5.97 Å². The molecule has 0 unspecified atom stereocenters. The summed E-state index contributed by atoms with van der Waals surface area (Å²) in [6.07, 6.45) is 1.64. The third-order valence-electron chi connectivity index (χ3n) is 2.56. The van der Waals surface area contributed by atoms with Gasteiger partial charge in [-0.25, -0.2) is 0 Å². The highest BCUT2D eigenvalue weighted by molar-refractivity contribution is 5.75. The van der Waals surface area contributed by atoms with Gasteiger partial charge in [0.15, 0.2) is 0 Å². The van der Waals surface area contributed by atoms with Gasteiger partial charge in [0.2, 0.25) is 0 Å². The van der Waals surface area contributed by atoms with Crippen molar-refractivity contribution in [2.45, 2.75) is 19.8 Å². The maximum Gasteiger partial charge on any atom is 0.309 e. The van der Waals surface area contributed by atoms with Crippen LogP contribution in [0.3, 0.4) is 0 Å². The topological polar surface area (TPSA) is 26.3 Å². The molecule has 1 rings (SSSR count). The minimum atomic E-state index is -0.112. The molecular formula is C11H16O2. The molecule has 0 aromatic rings. The second-order valence-corrected chi connectivity index (χ2v) is 3.76. The fraction of sp³-hybridized carbons (Fsp3) is 0.545. The molecule has 1 fully saturated rings. The van der Waals surface area contributed by atoms with E-state index in [9.17, 15) is 4.79 Å². The number of esters is 1. The molecular weight excluding hydrogens is 164 g/mol. The monoisotopic (exact) mass is 180 g/mol. The molecule has 2 heteroatoms. The molecule has 1 aliphatic carbocycles. The fourth-order valence-corrected chi connectivity index (χ4v) is 1.76. The van der Waals surface area contributed by atoms with Gasteiger partial charge in [-0.2, -0.15) is 0 Å². The quantitative estimate of drug-likeness (QED) is 0.492. The lowest BCUT2D eigenvalue weighted by Crippen LogP contribution is -2.35. The molecule has 0 aromatic heterocycles. The van der Waals surface area contributed by atoms with Gasteiger partial charge in [0.25, 0.3) is 0 Å². The van der Waals surface area contributed by atoms with Gasteiger partial charge in [0.05, 0.1) is 13.0 Å². The summed E-state index contributed by atoms with van der Waals surface area (Å²) in [6, 6.07) is 0. The van der Waals surface area contributed by atoms with Crippen molar-refractivity contribution in [3.8, 4) is 0 Å². The van der Waals surface area contributed by atoms with E-state index in [4.69, 9.17) is 4.74 Å². The van der Waals surface area contributed by atoms with Crippen LogP contribution in [0.25, 0.3) is 0 Å². The molecule has 0 radical (unpaired) electrons. The van der Waals surface area contributed by atoms with Gasteiger partial charge in [-0.05, 0) is 25.7 Å². The predicted molar refractivity (Wildman–Crippen MR) is 52.2 cm³/mol. The minimum Gasteiger partial charge on any atom is -0.469 e. The van der Waals surface area contributed by atoms with Crippen molar-refractivity contribution in [2.75, 3.05) is 7.11 Å².